The second-order valence-electron chi connectivity index (χ2n) is 5.47. The van der Waals surface area contributed by atoms with Crippen molar-refractivity contribution in [3.63, 3.8) is 0 Å². The molecule has 1 aromatic carbocycles. The van der Waals surface area contributed by atoms with Crippen LogP contribution in [0.5, 0.6) is 0 Å². The summed E-state index contributed by atoms with van der Waals surface area (Å²) in [5.41, 5.74) is 1.15. The summed E-state index contributed by atoms with van der Waals surface area (Å²) in [6.07, 6.45) is 1.89. The highest BCUT2D eigenvalue weighted by molar-refractivity contribution is 7.89. The summed E-state index contributed by atoms with van der Waals surface area (Å²) in [7, 11) is -1.47. The van der Waals surface area contributed by atoms with E-state index in [1.807, 2.05) is 26.1 Å². The van der Waals surface area contributed by atoms with Crippen molar-refractivity contribution in [3.05, 3.63) is 29.8 Å². The predicted octanol–water partition coefficient (Wildman–Crippen LogP) is 2.51. The molecule has 0 aliphatic carbocycles. The lowest BCUT2D eigenvalue weighted by Crippen LogP contribution is -2.34. The van der Waals surface area contributed by atoms with Gasteiger partial charge in [-0.3, -0.25) is 0 Å². The van der Waals surface area contributed by atoms with Crippen LogP contribution in [-0.2, 0) is 16.4 Å². The molecule has 0 saturated carbocycles. The number of nitrogens with one attached hydrogen (secondary N) is 1. The van der Waals surface area contributed by atoms with E-state index in [1.54, 1.807) is 16.4 Å². The highest BCUT2D eigenvalue weighted by Crippen LogP contribution is 2.18. The zero-order valence-corrected chi connectivity index (χ0v) is 14.4. The van der Waals surface area contributed by atoms with Crippen molar-refractivity contribution in [1.29, 1.82) is 0 Å². The molecule has 0 bridgehead atoms. The van der Waals surface area contributed by atoms with E-state index in [0.717, 1.165) is 24.9 Å². The van der Waals surface area contributed by atoms with Crippen LogP contribution in [0.2, 0.25) is 0 Å². The monoisotopic (exact) mass is 312 g/mol. The lowest BCUT2D eigenvalue weighted by atomic mass is 10.1. The Morgan fingerprint density at radius 2 is 1.81 bits per heavy atom. The minimum atomic E-state index is -3.38. The average molecular weight is 312 g/mol. The van der Waals surface area contributed by atoms with E-state index < -0.39 is 10.0 Å². The molecule has 0 radical (unpaired) electrons. The van der Waals surface area contributed by atoms with Crippen LogP contribution in [0.3, 0.4) is 0 Å². The Morgan fingerprint density at radius 3 is 2.29 bits per heavy atom. The van der Waals surface area contributed by atoms with Crippen LogP contribution in [0, 0.1) is 5.92 Å². The van der Waals surface area contributed by atoms with Crippen LogP contribution >= 0.6 is 0 Å². The molecule has 1 rings (SSSR count). The molecule has 0 amide bonds. The summed E-state index contributed by atoms with van der Waals surface area (Å²) in [4.78, 5) is 0.390. The molecule has 0 spiro atoms. The maximum atomic E-state index is 12.7. The van der Waals surface area contributed by atoms with Gasteiger partial charge in [0.2, 0.25) is 10.0 Å². The zero-order chi connectivity index (χ0) is 15.9. The van der Waals surface area contributed by atoms with Crippen molar-refractivity contribution in [2.24, 2.45) is 5.92 Å². The summed E-state index contributed by atoms with van der Waals surface area (Å²) in [6, 6.07) is 7.25. The topological polar surface area (TPSA) is 49.4 Å². The van der Waals surface area contributed by atoms with Crippen molar-refractivity contribution >= 4 is 10.0 Å². The van der Waals surface area contributed by atoms with Gasteiger partial charge in [-0.2, -0.15) is 4.31 Å². The van der Waals surface area contributed by atoms with Gasteiger partial charge < -0.3 is 5.32 Å². The molecule has 0 heterocycles. The average Bonchev–Trinajstić information content (AvgIpc) is 2.50. The van der Waals surface area contributed by atoms with E-state index >= 15 is 0 Å². The molecule has 1 unspecified atom stereocenters. The first kappa shape index (κ1) is 18.1. The van der Waals surface area contributed by atoms with Crippen molar-refractivity contribution in [3.8, 4) is 0 Å². The standard InChI is InChI=1S/C16H28N2O2S/c1-5-14(3)13-18(6-2)21(19,20)16-9-7-15(8-10-16)11-12-17-4/h7-10,14,17H,5-6,11-13H2,1-4H3. The quantitative estimate of drug-likeness (QED) is 0.762. The smallest absolute Gasteiger partial charge is 0.243 e. The van der Waals surface area contributed by atoms with Gasteiger partial charge in [0, 0.05) is 13.1 Å². The first-order valence-electron chi connectivity index (χ1n) is 7.69. The van der Waals surface area contributed by atoms with E-state index in [0.29, 0.717) is 23.9 Å². The molecule has 0 aliphatic heterocycles. The van der Waals surface area contributed by atoms with Gasteiger partial charge in [0.1, 0.15) is 0 Å². The minimum absolute atomic E-state index is 0.370. The predicted molar refractivity (Wildman–Crippen MR) is 88.0 cm³/mol. The molecule has 0 saturated heterocycles. The molecular weight excluding hydrogens is 284 g/mol. The fourth-order valence-electron chi connectivity index (χ4n) is 2.12. The summed E-state index contributed by atoms with van der Waals surface area (Å²) >= 11 is 0. The van der Waals surface area contributed by atoms with Crippen LogP contribution in [0.1, 0.15) is 32.8 Å². The number of nitrogens with zero attached hydrogens (tertiary/aromatic N) is 1. The van der Waals surface area contributed by atoms with Gasteiger partial charge in [-0.05, 0) is 43.6 Å². The van der Waals surface area contributed by atoms with Crippen LogP contribution in [0.25, 0.3) is 0 Å². The SMILES string of the molecule is CCC(C)CN(CC)S(=O)(=O)c1ccc(CCNC)cc1. The lowest BCUT2D eigenvalue weighted by molar-refractivity contribution is 0.361. The van der Waals surface area contributed by atoms with Gasteiger partial charge in [0.15, 0.2) is 0 Å². The molecule has 0 fully saturated rings. The van der Waals surface area contributed by atoms with Gasteiger partial charge in [-0.25, -0.2) is 8.42 Å². The first-order valence-corrected chi connectivity index (χ1v) is 9.13. The maximum absolute atomic E-state index is 12.7. The summed E-state index contributed by atoms with van der Waals surface area (Å²) in [5.74, 6) is 0.370. The Bertz CT molecular complexity index is 512. The summed E-state index contributed by atoms with van der Waals surface area (Å²) in [6.45, 7) is 8.04. The van der Waals surface area contributed by atoms with Gasteiger partial charge in [0.05, 0.1) is 4.90 Å². The van der Waals surface area contributed by atoms with Crippen molar-refractivity contribution < 1.29 is 8.42 Å². The van der Waals surface area contributed by atoms with Crippen molar-refractivity contribution in [1.82, 2.24) is 9.62 Å². The third kappa shape index (κ3) is 5.09. The Labute approximate surface area is 129 Å². The van der Waals surface area contributed by atoms with Crippen molar-refractivity contribution in [2.75, 3.05) is 26.7 Å². The largest absolute Gasteiger partial charge is 0.319 e. The minimum Gasteiger partial charge on any atom is -0.319 e. The van der Waals surface area contributed by atoms with Gasteiger partial charge in [0.25, 0.3) is 0 Å². The fraction of sp³-hybridized carbons (Fsp3) is 0.625. The molecular formula is C16H28N2O2S. The van der Waals surface area contributed by atoms with Crippen LogP contribution < -0.4 is 5.32 Å². The second-order valence-corrected chi connectivity index (χ2v) is 7.40. The van der Waals surface area contributed by atoms with Crippen molar-refractivity contribution in [2.45, 2.75) is 38.5 Å². The molecule has 21 heavy (non-hydrogen) atoms. The molecule has 4 nitrogen and oxygen atoms in total. The fourth-order valence-corrected chi connectivity index (χ4v) is 3.69. The Morgan fingerprint density at radius 1 is 1.19 bits per heavy atom. The van der Waals surface area contributed by atoms with Gasteiger partial charge in [-0.15, -0.1) is 0 Å². The van der Waals surface area contributed by atoms with E-state index in [9.17, 15) is 8.42 Å². The Hall–Kier alpha value is -0.910. The highest BCUT2D eigenvalue weighted by Gasteiger charge is 2.24. The van der Waals surface area contributed by atoms with E-state index in [-0.39, 0.29) is 0 Å². The van der Waals surface area contributed by atoms with E-state index in [4.69, 9.17) is 0 Å². The van der Waals surface area contributed by atoms with Gasteiger partial charge >= 0.3 is 0 Å². The molecule has 1 atom stereocenters. The second kappa shape index (κ2) is 8.51. The summed E-state index contributed by atoms with van der Waals surface area (Å²) < 4.78 is 26.9. The number of sulfonamides is 1. The third-order valence-electron chi connectivity index (χ3n) is 3.79. The molecule has 1 N–H and O–H groups in total. The lowest BCUT2D eigenvalue weighted by Gasteiger charge is -2.23. The van der Waals surface area contributed by atoms with E-state index in [1.165, 1.54) is 0 Å². The molecule has 120 valence electrons. The number of rotatable bonds is 9. The molecule has 0 aromatic heterocycles. The van der Waals surface area contributed by atoms with E-state index in [2.05, 4.69) is 19.2 Å². The number of likely N-dealkylation sites (N-methyl/N-ethyl adjacent to an activating group) is 1. The number of hydrogen-bond acceptors (Lipinski definition) is 3. The summed E-state index contributed by atoms with van der Waals surface area (Å²) in [5, 5.41) is 3.09. The Kier molecular flexibility index (Phi) is 7.35. The van der Waals surface area contributed by atoms with Crippen LogP contribution in [-0.4, -0.2) is 39.4 Å². The Balaban J connectivity index is 2.89. The molecule has 5 heteroatoms. The van der Waals surface area contributed by atoms with Crippen LogP contribution in [0.15, 0.2) is 29.2 Å². The normalized spacial score (nSPS) is 13.6. The maximum Gasteiger partial charge on any atom is 0.243 e. The van der Waals surface area contributed by atoms with Gasteiger partial charge in [-0.1, -0.05) is 39.3 Å². The number of benzene rings is 1. The zero-order valence-electron chi connectivity index (χ0n) is 13.6. The highest BCUT2D eigenvalue weighted by atomic mass is 32.2. The first-order chi connectivity index (χ1) is 9.95. The third-order valence-corrected chi connectivity index (χ3v) is 5.74. The molecule has 0 aliphatic rings. The van der Waals surface area contributed by atoms with Crippen LogP contribution in [0.4, 0.5) is 0 Å². The molecule has 1 aromatic rings. The number of hydrogen-bond donors (Lipinski definition) is 1.